The van der Waals surface area contributed by atoms with Crippen LogP contribution in [0.3, 0.4) is 0 Å². The second-order valence-corrected chi connectivity index (χ2v) is 10.3. The standard InChI is InChI=1S/C26H29N3O3S/c1-21-11-13-24(14-12-21)33(31,32)29-17-15-28(16-18-29)20-26(30)27-25-10-6-5-9-23(25)19-22-7-3-2-4-8-22/h2-14H,15-20H2,1H3,(H,27,30). The highest BCUT2D eigenvalue weighted by atomic mass is 32.2. The first kappa shape index (κ1) is 23.2. The van der Waals surface area contributed by atoms with Crippen molar-refractivity contribution in [3.05, 3.63) is 95.6 Å². The Hall–Kier alpha value is -3.00. The fourth-order valence-electron chi connectivity index (χ4n) is 3.99. The first-order valence-corrected chi connectivity index (χ1v) is 12.6. The number of hydrogen-bond acceptors (Lipinski definition) is 4. The molecule has 0 saturated carbocycles. The smallest absolute Gasteiger partial charge is 0.243 e. The van der Waals surface area contributed by atoms with Gasteiger partial charge in [-0.2, -0.15) is 4.31 Å². The van der Waals surface area contributed by atoms with Crippen molar-refractivity contribution in [1.82, 2.24) is 9.21 Å². The van der Waals surface area contributed by atoms with Crippen molar-refractivity contribution < 1.29 is 13.2 Å². The summed E-state index contributed by atoms with van der Waals surface area (Å²) in [5.41, 5.74) is 4.08. The summed E-state index contributed by atoms with van der Waals surface area (Å²) in [7, 11) is -3.51. The zero-order valence-electron chi connectivity index (χ0n) is 18.8. The van der Waals surface area contributed by atoms with Gasteiger partial charge in [-0.25, -0.2) is 8.42 Å². The molecular formula is C26H29N3O3S. The molecule has 1 N–H and O–H groups in total. The van der Waals surface area contributed by atoms with Gasteiger partial charge in [0.1, 0.15) is 0 Å². The number of rotatable bonds is 7. The summed E-state index contributed by atoms with van der Waals surface area (Å²) in [6.45, 7) is 3.94. The predicted molar refractivity (Wildman–Crippen MR) is 131 cm³/mol. The van der Waals surface area contributed by atoms with Crippen LogP contribution >= 0.6 is 0 Å². The Morgan fingerprint density at radius 2 is 1.48 bits per heavy atom. The summed E-state index contributed by atoms with van der Waals surface area (Å²) in [6, 6.07) is 24.9. The molecule has 1 aliphatic rings. The number of anilines is 1. The molecule has 0 spiro atoms. The Morgan fingerprint density at radius 3 is 2.18 bits per heavy atom. The van der Waals surface area contributed by atoms with Gasteiger partial charge in [-0.3, -0.25) is 9.69 Å². The van der Waals surface area contributed by atoms with Crippen molar-refractivity contribution in [2.45, 2.75) is 18.2 Å². The van der Waals surface area contributed by atoms with E-state index in [0.717, 1.165) is 23.2 Å². The van der Waals surface area contributed by atoms with E-state index in [4.69, 9.17) is 0 Å². The number of piperazine rings is 1. The van der Waals surface area contributed by atoms with Crippen molar-refractivity contribution in [1.29, 1.82) is 0 Å². The first-order valence-electron chi connectivity index (χ1n) is 11.1. The van der Waals surface area contributed by atoms with Crippen molar-refractivity contribution in [3.8, 4) is 0 Å². The molecule has 0 radical (unpaired) electrons. The minimum absolute atomic E-state index is 0.0923. The molecule has 0 unspecified atom stereocenters. The van der Waals surface area contributed by atoms with Crippen molar-refractivity contribution in [2.24, 2.45) is 0 Å². The van der Waals surface area contributed by atoms with Gasteiger partial charge in [-0.1, -0.05) is 66.2 Å². The average molecular weight is 464 g/mol. The van der Waals surface area contributed by atoms with E-state index in [1.54, 1.807) is 12.1 Å². The summed E-state index contributed by atoms with van der Waals surface area (Å²) in [5.74, 6) is -0.0923. The van der Waals surface area contributed by atoms with Gasteiger partial charge in [-0.05, 0) is 42.7 Å². The second kappa shape index (κ2) is 10.3. The van der Waals surface area contributed by atoms with Gasteiger partial charge in [0.05, 0.1) is 11.4 Å². The van der Waals surface area contributed by atoms with Crippen LogP contribution in [0, 0.1) is 6.92 Å². The topological polar surface area (TPSA) is 69.7 Å². The van der Waals surface area contributed by atoms with Crippen LogP contribution in [0.25, 0.3) is 0 Å². The van der Waals surface area contributed by atoms with Gasteiger partial charge in [0.25, 0.3) is 0 Å². The molecule has 1 aliphatic heterocycles. The zero-order chi connectivity index (χ0) is 23.3. The molecule has 0 bridgehead atoms. The Bertz CT molecular complexity index is 1190. The number of carbonyl (C=O) groups is 1. The third kappa shape index (κ3) is 5.87. The number of carbonyl (C=O) groups excluding carboxylic acids is 1. The van der Waals surface area contributed by atoms with Crippen molar-refractivity contribution in [2.75, 3.05) is 38.0 Å². The van der Waals surface area contributed by atoms with Crippen LogP contribution in [0.5, 0.6) is 0 Å². The maximum absolute atomic E-state index is 12.9. The lowest BCUT2D eigenvalue weighted by Crippen LogP contribution is -2.50. The molecule has 33 heavy (non-hydrogen) atoms. The van der Waals surface area contributed by atoms with Crippen molar-refractivity contribution >= 4 is 21.6 Å². The third-order valence-corrected chi connectivity index (χ3v) is 7.80. The molecule has 3 aromatic carbocycles. The molecule has 3 aromatic rings. The Kier molecular flexibility index (Phi) is 7.23. The van der Waals surface area contributed by atoms with Crippen LogP contribution in [0.2, 0.25) is 0 Å². The SMILES string of the molecule is Cc1ccc(S(=O)(=O)N2CCN(CC(=O)Nc3ccccc3Cc3ccccc3)CC2)cc1. The number of benzene rings is 3. The molecule has 4 rings (SSSR count). The van der Waals surface area contributed by atoms with Crippen LogP contribution in [-0.2, 0) is 21.2 Å². The van der Waals surface area contributed by atoms with E-state index < -0.39 is 10.0 Å². The highest BCUT2D eigenvalue weighted by Gasteiger charge is 2.29. The summed E-state index contributed by atoms with van der Waals surface area (Å²) in [4.78, 5) is 15.0. The zero-order valence-corrected chi connectivity index (χ0v) is 19.6. The van der Waals surface area contributed by atoms with Crippen LogP contribution in [0.4, 0.5) is 5.69 Å². The average Bonchev–Trinajstić information content (AvgIpc) is 2.82. The predicted octanol–water partition coefficient (Wildman–Crippen LogP) is 3.53. The van der Waals surface area contributed by atoms with Crippen LogP contribution in [0.15, 0.2) is 83.8 Å². The highest BCUT2D eigenvalue weighted by molar-refractivity contribution is 7.89. The number of hydrogen-bond donors (Lipinski definition) is 1. The molecule has 1 amide bonds. The second-order valence-electron chi connectivity index (χ2n) is 8.36. The van der Waals surface area contributed by atoms with Crippen LogP contribution in [-0.4, -0.2) is 56.3 Å². The van der Waals surface area contributed by atoms with Gasteiger partial charge in [0.15, 0.2) is 0 Å². The summed E-state index contributed by atoms with van der Waals surface area (Å²) in [6.07, 6.45) is 0.743. The van der Waals surface area contributed by atoms with Gasteiger partial charge in [0, 0.05) is 31.9 Å². The van der Waals surface area contributed by atoms with E-state index in [2.05, 4.69) is 17.4 Å². The Labute approximate surface area is 195 Å². The number of nitrogens with zero attached hydrogens (tertiary/aromatic N) is 2. The molecule has 1 fully saturated rings. The van der Waals surface area contributed by atoms with Gasteiger partial charge in [0.2, 0.25) is 15.9 Å². The van der Waals surface area contributed by atoms with Crippen LogP contribution < -0.4 is 5.32 Å². The van der Waals surface area contributed by atoms with Crippen LogP contribution in [0.1, 0.15) is 16.7 Å². The van der Waals surface area contributed by atoms with E-state index in [1.807, 2.05) is 66.4 Å². The summed E-state index contributed by atoms with van der Waals surface area (Å²) in [5, 5.41) is 3.04. The molecule has 7 heteroatoms. The van der Waals surface area contributed by atoms with E-state index in [0.29, 0.717) is 31.1 Å². The lowest BCUT2D eigenvalue weighted by atomic mass is 10.0. The number of nitrogens with one attached hydrogen (secondary N) is 1. The Morgan fingerprint density at radius 1 is 0.848 bits per heavy atom. The first-order chi connectivity index (χ1) is 15.9. The number of para-hydroxylation sites is 1. The Balaban J connectivity index is 1.32. The lowest BCUT2D eigenvalue weighted by Gasteiger charge is -2.33. The molecule has 1 saturated heterocycles. The van der Waals surface area contributed by atoms with E-state index in [-0.39, 0.29) is 12.5 Å². The highest BCUT2D eigenvalue weighted by Crippen LogP contribution is 2.20. The third-order valence-electron chi connectivity index (χ3n) is 5.89. The number of sulfonamides is 1. The van der Waals surface area contributed by atoms with Gasteiger partial charge in [-0.15, -0.1) is 0 Å². The molecule has 6 nitrogen and oxygen atoms in total. The van der Waals surface area contributed by atoms with E-state index in [9.17, 15) is 13.2 Å². The molecule has 0 atom stereocenters. The maximum atomic E-state index is 12.9. The van der Waals surface area contributed by atoms with Gasteiger partial charge >= 0.3 is 0 Å². The number of aryl methyl sites for hydroxylation is 1. The minimum Gasteiger partial charge on any atom is -0.325 e. The monoisotopic (exact) mass is 463 g/mol. The molecular weight excluding hydrogens is 434 g/mol. The quantitative estimate of drug-likeness (QED) is 0.582. The summed E-state index contributed by atoms with van der Waals surface area (Å²) < 4.78 is 27.3. The molecule has 0 aromatic heterocycles. The molecule has 0 aliphatic carbocycles. The van der Waals surface area contributed by atoms with Crippen molar-refractivity contribution in [3.63, 3.8) is 0 Å². The molecule has 1 heterocycles. The fourth-order valence-corrected chi connectivity index (χ4v) is 5.41. The minimum atomic E-state index is -3.51. The van der Waals surface area contributed by atoms with E-state index in [1.165, 1.54) is 9.87 Å². The normalized spacial score (nSPS) is 15.3. The molecule has 172 valence electrons. The largest absolute Gasteiger partial charge is 0.325 e. The maximum Gasteiger partial charge on any atom is 0.243 e. The van der Waals surface area contributed by atoms with Gasteiger partial charge < -0.3 is 5.32 Å². The lowest BCUT2D eigenvalue weighted by molar-refractivity contribution is -0.117. The van der Waals surface area contributed by atoms with E-state index >= 15 is 0 Å². The summed E-state index contributed by atoms with van der Waals surface area (Å²) >= 11 is 0. The fraction of sp³-hybridized carbons (Fsp3) is 0.269. The number of amides is 1.